The van der Waals surface area contributed by atoms with Crippen LogP contribution in [-0.2, 0) is 14.9 Å². The maximum Gasteiger partial charge on any atom is 0.338 e. The molecule has 1 aliphatic heterocycles. The van der Waals surface area contributed by atoms with Crippen molar-refractivity contribution in [1.29, 1.82) is 0 Å². The molecule has 43 heavy (non-hydrogen) atoms. The summed E-state index contributed by atoms with van der Waals surface area (Å²) in [5.74, 6) is -0.777. The van der Waals surface area contributed by atoms with Crippen LogP contribution < -0.4 is 0 Å². The van der Waals surface area contributed by atoms with Gasteiger partial charge in [0, 0.05) is 51.8 Å². The Bertz CT molecular complexity index is 1840. The van der Waals surface area contributed by atoms with E-state index in [1.165, 1.54) is 16.8 Å². The Morgan fingerprint density at radius 2 is 1.67 bits per heavy atom. The van der Waals surface area contributed by atoms with E-state index in [1.54, 1.807) is 37.4 Å². The first-order chi connectivity index (χ1) is 20.5. The number of hydrogen-bond donors (Lipinski definition) is 0. The van der Waals surface area contributed by atoms with Crippen molar-refractivity contribution in [3.05, 3.63) is 83.9 Å². The fourth-order valence-electron chi connectivity index (χ4n) is 6.05. The van der Waals surface area contributed by atoms with Crippen molar-refractivity contribution >= 4 is 33.7 Å². The number of ether oxygens (including phenoxy) is 2. The lowest BCUT2D eigenvalue weighted by Gasteiger charge is -2.36. The Kier molecular flexibility index (Phi) is 7.21. The van der Waals surface area contributed by atoms with Gasteiger partial charge in [-0.05, 0) is 73.9 Å². The molecule has 1 aliphatic rings. The second kappa shape index (κ2) is 10.8. The maximum absolute atomic E-state index is 14.2. The predicted octanol–water partition coefficient (Wildman–Crippen LogP) is 7.72. The van der Waals surface area contributed by atoms with E-state index in [0.29, 0.717) is 25.4 Å². The van der Waals surface area contributed by atoms with E-state index in [-0.39, 0.29) is 23.1 Å². The maximum atomic E-state index is 14.2. The summed E-state index contributed by atoms with van der Waals surface area (Å²) in [4.78, 5) is 25.9. The van der Waals surface area contributed by atoms with Gasteiger partial charge < -0.3 is 14.0 Å². The van der Waals surface area contributed by atoms with Gasteiger partial charge in [-0.3, -0.25) is 4.79 Å². The third kappa shape index (κ3) is 5.03. The molecule has 0 saturated carbocycles. The highest BCUT2D eigenvalue weighted by molar-refractivity contribution is 6.08. The first-order valence-electron chi connectivity index (χ1n) is 14.7. The molecule has 8 heteroatoms. The zero-order valence-electron chi connectivity index (χ0n) is 25.2. The lowest BCUT2D eigenvalue weighted by Crippen LogP contribution is -2.33. The topological polar surface area (TPSA) is 75.3 Å². The van der Waals surface area contributed by atoms with Gasteiger partial charge in [0.25, 0.3) is 5.91 Å². The van der Waals surface area contributed by atoms with Crippen molar-refractivity contribution in [3.63, 3.8) is 0 Å². The van der Waals surface area contributed by atoms with Gasteiger partial charge in [-0.2, -0.15) is 9.78 Å². The normalized spacial score (nSPS) is 15.2. The van der Waals surface area contributed by atoms with Crippen LogP contribution in [0.3, 0.4) is 0 Å². The smallest absolute Gasteiger partial charge is 0.338 e. The Hall–Kier alpha value is -4.30. The van der Waals surface area contributed by atoms with E-state index in [4.69, 9.17) is 9.47 Å². The number of rotatable bonds is 5. The van der Waals surface area contributed by atoms with Crippen LogP contribution in [0.15, 0.2) is 66.9 Å². The van der Waals surface area contributed by atoms with E-state index >= 15 is 0 Å². The minimum Gasteiger partial charge on any atom is -0.462 e. The minimum absolute atomic E-state index is 0.100. The molecule has 3 heterocycles. The number of carbonyl (C=O) groups excluding carboxylic acids is 2. The van der Waals surface area contributed by atoms with Crippen LogP contribution >= 0.6 is 0 Å². The average Bonchev–Trinajstić information content (AvgIpc) is 3.55. The molecular weight excluding hydrogens is 545 g/mol. The van der Waals surface area contributed by atoms with Gasteiger partial charge in [-0.1, -0.05) is 39.8 Å². The summed E-state index contributed by atoms with van der Waals surface area (Å²) in [6.07, 6.45) is 3.33. The van der Waals surface area contributed by atoms with E-state index in [2.05, 4.69) is 22.7 Å². The highest BCUT2D eigenvalue weighted by Gasteiger charge is 2.37. The van der Waals surface area contributed by atoms with Gasteiger partial charge in [0.15, 0.2) is 0 Å². The lowest BCUT2D eigenvalue weighted by atomic mass is 9.76. The molecule has 0 bridgehead atoms. The van der Waals surface area contributed by atoms with Crippen LogP contribution in [0.2, 0.25) is 0 Å². The first kappa shape index (κ1) is 28.8. The van der Waals surface area contributed by atoms with Crippen molar-refractivity contribution < 1.29 is 23.5 Å². The summed E-state index contributed by atoms with van der Waals surface area (Å²) in [5.41, 5.74) is 5.05. The molecule has 0 unspecified atom stereocenters. The molecule has 222 valence electrons. The van der Waals surface area contributed by atoms with Crippen LogP contribution in [0.1, 0.15) is 68.3 Å². The second-order valence-corrected chi connectivity index (χ2v) is 12.5. The van der Waals surface area contributed by atoms with Gasteiger partial charge in [-0.15, -0.1) is 0 Å². The fraction of sp³-hybridized carbons (Fsp3) is 0.343. The first-order valence-corrected chi connectivity index (χ1v) is 14.7. The number of carbonyl (C=O) groups is 2. The van der Waals surface area contributed by atoms with Gasteiger partial charge in [0.2, 0.25) is 0 Å². The van der Waals surface area contributed by atoms with Crippen LogP contribution in [0, 0.1) is 11.2 Å². The number of halogens is 1. The van der Waals surface area contributed by atoms with Crippen molar-refractivity contribution in [2.75, 3.05) is 19.8 Å². The van der Waals surface area contributed by atoms with Crippen molar-refractivity contribution in [3.8, 4) is 16.8 Å². The molecule has 0 radical (unpaired) electrons. The Balaban J connectivity index is 1.71. The van der Waals surface area contributed by atoms with Crippen LogP contribution in [0.4, 0.5) is 4.39 Å². The molecule has 0 aliphatic carbocycles. The molecule has 1 saturated heterocycles. The summed E-state index contributed by atoms with van der Waals surface area (Å²) in [7, 11) is 0. The van der Waals surface area contributed by atoms with Crippen molar-refractivity contribution in [1.82, 2.24) is 14.3 Å². The molecule has 3 aromatic carbocycles. The van der Waals surface area contributed by atoms with E-state index in [1.807, 2.05) is 39.0 Å². The molecular formula is C35H36FN3O4. The Morgan fingerprint density at radius 1 is 1.00 bits per heavy atom. The Morgan fingerprint density at radius 3 is 2.30 bits per heavy atom. The lowest BCUT2D eigenvalue weighted by molar-refractivity contribution is 0.0525. The van der Waals surface area contributed by atoms with Gasteiger partial charge in [-0.25, -0.2) is 9.18 Å². The molecule has 0 atom stereocenters. The van der Waals surface area contributed by atoms with Crippen LogP contribution in [0.5, 0.6) is 0 Å². The molecule has 0 N–H and O–H groups in total. The molecule has 0 amide bonds. The van der Waals surface area contributed by atoms with Crippen molar-refractivity contribution in [2.24, 2.45) is 5.41 Å². The monoisotopic (exact) mass is 581 g/mol. The third-order valence-corrected chi connectivity index (χ3v) is 8.43. The fourth-order valence-corrected chi connectivity index (χ4v) is 6.05. The predicted molar refractivity (Wildman–Crippen MR) is 165 cm³/mol. The number of esters is 1. The van der Waals surface area contributed by atoms with E-state index < -0.39 is 5.41 Å². The molecule has 5 aromatic rings. The summed E-state index contributed by atoms with van der Waals surface area (Å²) in [6.45, 7) is 11.2. The quantitative estimate of drug-likeness (QED) is 0.199. The third-order valence-electron chi connectivity index (χ3n) is 8.43. The van der Waals surface area contributed by atoms with Crippen molar-refractivity contribution in [2.45, 2.75) is 52.9 Å². The number of fused-ring (bicyclic) bond motifs is 2. The zero-order valence-corrected chi connectivity index (χ0v) is 25.2. The van der Waals surface area contributed by atoms with Gasteiger partial charge in [0.1, 0.15) is 5.82 Å². The summed E-state index contributed by atoms with van der Waals surface area (Å²) >= 11 is 0. The number of benzene rings is 3. The minimum atomic E-state index is -0.625. The standard InChI is InChI=1S/C35H36FN3O4/c1-6-43-32(40)23-9-7-22(8-10-23)30-27-20-28-24(21-37-39(28)33(41)34(2,3)4)19-29(27)38(26-13-11-25(36)12-14-26)31(30)35(5)15-17-42-18-16-35/h7-14,19-21H,6,15-18H2,1-5H3. The van der Waals surface area contributed by atoms with Crippen LogP contribution in [-0.4, -0.2) is 46.0 Å². The van der Waals surface area contributed by atoms with E-state index in [0.717, 1.165) is 57.2 Å². The molecule has 0 spiro atoms. The molecule has 7 nitrogen and oxygen atoms in total. The Labute approximate surface area is 250 Å². The largest absolute Gasteiger partial charge is 0.462 e. The SMILES string of the molecule is CCOC(=O)c1ccc(-c2c(C3(C)CCOCC3)n(-c3ccc(F)cc3)c3cc4cnn(C(=O)C(C)(C)C)c4cc23)cc1. The number of aromatic nitrogens is 3. The van der Waals surface area contributed by atoms with Gasteiger partial charge >= 0.3 is 5.97 Å². The summed E-state index contributed by atoms with van der Waals surface area (Å²) < 4.78 is 28.9. The second-order valence-electron chi connectivity index (χ2n) is 12.5. The summed E-state index contributed by atoms with van der Waals surface area (Å²) in [5, 5.41) is 6.26. The molecule has 6 rings (SSSR count). The highest BCUT2D eigenvalue weighted by Crippen LogP contribution is 2.47. The number of hydrogen-bond acceptors (Lipinski definition) is 5. The van der Waals surface area contributed by atoms with Crippen LogP contribution in [0.25, 0.3) is 38.6 Å². The highest BCUT2D eigenvalue weighted by atomic mass is 19.1. The molecule has 2 aromatic heterocycles. The summed E-state index contributed by atoms with van der Waals surface area (Å²) in [6, 6.07) is 18.1. The zero-order chi connectivity index (χ0) is 30.5. The molecule has 1 fully saturated rings. The van der Waals surface area contributed by atoms with E-state index in [9.17, 15) is 14.0 Å². The van der Waals surface area contributed by atoms with Gasteiger partial charge in [0.05, 0.1) is 29.4 Å². The number of nitrogens with zero attached hydrogens (tertiary/aromatic N) is 3. The average molecular weight is 582 g/mol.